The van der Waals surface area contributed by atoms with E-state index in [9.17, 15) is 9.59 Å². The standard InChI is InChI=1S/C21H20O5/c1-21(2)15-7-5-13-11-17(15)26-18-12-14(6-8-16(18)21)20(23)25-10-4-3-9-24-19(13)22/h5-8,11-12H,3-4,9-10H2,1-2H3. The molecule has 0 N–H and O–H groups in total. The molecule has 2 aromatic carbocycles. The summed E-state index contributed by atoms with van der Waals surface area (Å²) in [6.45, 7) is 4.77. The summed E-state index contributed by atoms with van der Waals surface area (Å²) in [6, 6.07) is 10.8. The molecule has 0 aromatic heterocycles. The molecule has 0 saturated heterocycles. The molecular formula is C21H20O5. The highest BCUT2D eigenvalue weighted by molar-refractivity contribution is 5.91. The summed E-state index contributed by atoms with van der Waals surface area (Å²) in [6.07, 6.45) is 1.27. The topological polar surface area (TPSA) is 61.8 Å². The maximum absolute atomic E-state index is 12.3. The summed E-state index contributed by atoms with van der Waals surface area (Å²) in [5.41, 5.74) is 2.58. The predicted octanol–water partition coefficient (Wildman–Crippen LogP) is 4.23. The number of esters is 2. The number of rotatable bonds is 0. The van der Waals surface area contributed by atoms with E-state index in [1.54, 1.807) is 24.3 Å². The first-order valence-electron chi connectivity index (χ1n) is 8.78. The molecule has 2 aliphatic rings. The Bertz CT molecular complexity index is 826. The molecule has 0 fully saturated rings. The summed E-state index contributed by atoms with van der Waals surface area (Å²) in [5, 5.41) is 0. The Labute approximate surface area is 151 Å². The molecule has 26 heavy (non-hydrogen) atoms. The lowest BCUT2D eigenvalue weighted by atomic mass is 9.75. The predicted molar refractivity (Wildman–Crippen MR) is 94.9 cm³/mol. The third-order valence-corrected chi connectivity index (χ3v) is 5.01. The molecule has 4 bridgehead atoms. The number of hydrogen-bond donors (Lipinski definition) is 0. The van der Waals surface area contributed by atoms with Gasteiger partial charge in [0.25, 0.3) is 0 Å². The fraction of sp³-hybridized carbons (Fsp3) is 0.333. The largest absolute Gasteiger partial charge is 0.462 e. The maximum atomic E-state index is 12.3. The molecule has 0 spiro atoms. The van der Waals surface area contributed by atoms with Gasteiger partial charge < -0.3 is 14.2 Å². The van der Waals surface area contributed by atoms with Crippen molar-refractivity contribution in [2.24, 2.45) is 0 Å². The summed E-state index contributed by atoms with van der Waals surface area (Å²) >= 11 is 0. The maximum Gasteiger partial charge on any atom is 0.338 e. The number of carbonyl (C=O) groups is 2. The first kappa shape index (κ1) is 16.6. The molecule has 4 rings (SSSR count). The van der Waals surface area contributed by atoms with Crippen molar-refractivity contribution < 1.29 is 23.8 Å². The minimum absolute atomic E-state index is 0.289. The van der Waals surface area contributed by atoms with Crippen LogP contribution in [0.5, 0.6) is 11.5 Å². The van der Waals surface area contributed by atoms with Gasteiger partial charge in [-0.15, -0.1) is 0 Å². The lowest BCUT2D eigenvalue weighted by molar-refractivity contribution is 0.0432. The van der Waals surface area contributed by atoms with Crippen LogP contribution in [0.25, 0.3) is 0 Å². The van der Waals surface area contributed by atoms with Crippen molar-refractivity contribution in [1.29, 1.82) is 0 Å². The van der Waals surface area contributed by atoms with E-state index in [0.717, 1.165) is 11.1 Å². The molecule has 0 atom stereocenters. The molecule has 2 aliphatic heterocycles. The number of hydrogen-bond acceptors (Lipinski definition) is 5. The number of cyclic esters (lactones) is 2. The quantitative estimate of drug-likeness (QED) is 0.664. The Morgan fingerprint density at radius 3 is 1.69 bits per heavy atom. The van der Waals surface area contributed by atoms with Crippen molar-refractivity contribution >= 4 is 11.9 Å². The highest BCUT2D eigenvalue weighted by Crippen LogP contribution is 2.48. The van der Waals surface area contributed by atoms with Crippen molar-refractivity contribution in [2.45, 2.75) is 32.1 Å². The van der Waals surface area contributed by atoms with Crippen LogP contribution in [0.3, 0.4) is 0 Å². The van der Waals surface area contributed by atoms with Gasteiger partial charge in [0.2, 0.25) is 0 Å². The first-order chi connectivity index (χ1) is 12.5. The molecular weight excluding hydrogens is 332 g/mol. The van der Waals surface area contributed by atoms with Crippen LogP contribution >= 0.6 is 0 Å². The van der Waals surface area contributed by atoms with Gasteiger partial charge >= 0.3 is 11.9 Å². The second kappa shape index (κ2) is 6.16. The number of ether oxygens (including phenoxy) is 3. The molecule has 134 valence electrons. The zero-order valence-corrected chi connectivity index (χ0v) is 14.8. The van der Waals surface area contributed by atoms with E-state index in [0.29, 0.717) is 35.5 Å². The highest BCUT2D eigenvalue weighted by Gasteiger charge is 2.35. The third kappa shape index (κ3) is 2.73. The van der Waals surface area contributed by atoms with Gasteiger partial charge in [-0.25, -0.2) is 9.59 Å². The van der Waals surface area contributed by atoms with E-state index in [1.807, 2.05) is 12.1 Å². The monoisotopic (exact) mass is 352 g/mol. The number of fused-ring (bicyclic) bond motifs is 2. The average Bonchev–Trinajstić information content (AvgIpc) is 2.62. The number of benzene rings is 2. The second-order valence-corrected chi connectivity index (χ2v) is 7.13. The van der Waals surface area contributed by atoms with Crippen LogP contribution in [0.15, 0.2) is 36.4 Å². The van der Waals surface area contributed by atoms with Gasteiger partial charge in [0.1, 0.15) is 11.5 Å². The smallest absolute Gasteiger partial charge is 0.338 e. The van der Waals surface area contributed by atoms with Gasteiger partial charge in [0.05, 0.1) is 24.3 Å². The van der Waals surface area contributed by atoms with Crippen molar-refractivity contribution in [2.75, 3.05) is 13.2 Å². The van der Waals surface area contributed by atoms with Crippen LogP contribution in [0, 0.1) is 0 Å². The molecule has 0 radical (unpaired) electrons. The van der Waals surface area contributed by atoms with Gasteiger partial charge in [0.15, 0.2) is 0 Å². The first-order valence-corrected chi connectivity index (χ1v) is 8.78. The number of carbonyl (C=O) groups excluding carboxylic acids is 2. The van der Waals surface area contributed by atoms with E-state index < -0.39 is 0 Å². The van der Waals surface area contributed by atoms with Crippen LogP contribution < -0.4 is 4.74 Å². The van der Waals surface area contributed by atoms with E-state index in [2.05, 4.69) is 13.8 Å². The van der Waals surface area contributed by atoms with Crippen LogP contribution in [-0.2, 0) is 14.9 Å². The van der Waals surface area contributed by atoms with Crippen molar-refractivity contribution in [3.8, 4) is 11.5 Å². The molecule has 0 aliphatic carbocycles. The molecule has 0 unspecified atom stereocenters. The Hall–Kier alpha value is -2.82. The summed E-state index contributed by atoms with van der Waals surface area (Å²) in [5.74, 6) is 0.468. The third-order valence-electron chi connectivity index (χ3n) is 5.01. The van der Waals surface area contributed by atoms with Crippen molar-refractivity contribution in [3.63, 3.8) is 0 Å². The molecule has 0 amide bonds. The average molecular weight is 352 g/mol. The lowest BCUT2D eigenvalue weighted by Gasteiger charge is -2.34. The summed E-state index contributed by atoms with van der Waals surface area (Å²) in [7, 11) is 0. The molecule has 5 nitrogen and oxygen atoms in total. The Balaban J connectivity index is 1.84. The zero-order chi connectivity index (χ0) is 18.3. The molecule has 2 aromatic rings. The SMILES string of the molecule is CC1(C)c2ccc3cc2Oc2cc(ccc21)C(=O)OCCCCOC3=O. The lowest BCUT2D eigenvalue weighted by Crippen LogP contribution is -2.25. The van der Waals surface area contributed by atoms with E-state index >= 15 is 0 Å². The van der Waals surface area contributed by atoms with Crippen LogP contribution in [0.4, 0.5) is 0 Å². The Morgan fingerprint density at radius 2 is 1.23 bits per heavy atom. The fourth-order valence-electron chi connectivity index (χ4n) is 3.46. The van der Waals surface area contributed by atoms with Crippen molar-refractivity contribution in [1.82, 2.24) is 0 Å². The van der Waals surface area contributed by atoms with Gasteiger partial charge in [-0.05, 0) is 37.1 Å². The summed E-state index contributed by atoms with van der Waals surface area (Å²) < 4.78 is 16.7. The van der Waals surface area contributed by atoms with E-state index in [4.69, 9.17) is 14.2 Å². The Kier molecular flexibility index (Phi) is 3.94. The fourth-order valence-corrected chi connectivity index (χ4v) is 3.46. The minimum Gasteiger partial charge on any atom is -0.462 e. The highest BCUT2D eigenvalue weighted by atomic mass is 16.5. The van der Waals surface area contributed by atoms with Gasteiger partial charge in [-0.2, -0.15) is 0 Å². The van der Waals surface area contributed by atoms with Gasteiger partial charge in [-0.3, -0.25) is 0 Å². The van der Waals surface area contributed by atoms with Crippen LogP contribution in [0.2, 0.25) is 0 Å². The summed E-state index contributed by atoms with van der Waals surface area (Å²) in [4.78, 5) is 24.5. The van der Waals surface area contributed by atoms with Gasteiger partial charge in [-0.1, -0.05) is 26.0 Å². The van der Waals surface area contributed by atoms with Crippen LogP contribution in [-0.4, -0.2) is 25.2 Å². The van der Waals surface area contributed by atoms with Crippen LogP contribution in [0.1, 0.15) is 58.5 Å². The normalized spacial score (nSPS) is 18.4. The molecule has 0 saturated carbocycles. The van der Waals surface area contributed by atoms with E-state index in [-0.39, 0.29) is 30.6 Å². The molecule has 5 heteroatoms. The second-order valence-electron chi connectivity index (χ2n) is 7.13. The molecule has 2 heterocycles. The Morgan fingerprint density at radius 1 is 0.769 bits per heavy atom. The minimum atomic E-state index is -0.374. The van der Waals surface area contributed by atoms with E-state index in [1.165, 1.54) is 0 Å². The zero-order valence-electron chi connectivity index (χ0n) is 14.8. The van der Waals surface area contributed by atoms with Crippen molar-refractivity contribution in [3.05, 3.63) is 58.7 Å². The van der Waals surface area contributed by atoms with Gasteiger partial charge in [0, 0.05) is 16.5 Å².